The minimum atomic E-state index is -0.273. The molecule has 0 aliphatic carbocycles. The van der Waals surface area contributed by atoms with Crippen molar-refractivity contribution in [1.82, 2.24) is 0 Å². The predicted octanol–water partition coefficient (Wildman–Crippen LogP) is 5.99. The van der Waals surface area contributed by atoms with Gasteiger partial charge in [0.25, 0.3) is 11.8 Å². The zero-order valence-corrected chi connectivity index (χ0v) is 21.9. The van der Waals surface area contributed by atoms with Crippen molar-refractivity contribution in [2.75, 3.05) is 23.9 Å². The van der Waals surface area contributed by atoms with Crippen LogP contribution in [-0.2, 0) is 16.0 Å². The Morgan fingerprint density at radius 2 is 1.86 bits per heavy atom. The summed E-state index contributed by atoms with van der Waals surface area (Å²) in [5, 5.41) is 2.82. The quantitative estimate of drug-likeness (QED) is 0.292. The van der Waals surface area contributed by atoms with E-state index in [9.17, 15) is 9.59 Å². The van der Waals surface area contributed by atoms with Crippen LogP contribution >= 0.6 is 24.0 Å². The minimum absolute atomic E-state index is 0.166. The molecule has 1 aliphatic heterocycles. The normalized spacial score (nSPS) is 14.3. The number of carbonyl (C=O) groups excluding carboxylic acids is 2. The Kier molecular flexibility index (Phi) is 8.07. The summed E-state index contributed by atoms with van der Waals surface area (Å²) in [7, 11) is 1.53. The Bertz CT molecular complexity index is 1340. The lowest BCUT2D eigenvalue weighted by Gasteiger charge is -2.14. The van der Waals surface area contributed by atoms with Crippen molar-refractivity contribution in [2.24, 2.45) is 0 Å². The van der Waals surface area contributed by atoms with Crippen LogP contribution in [0.1, 0.15) is 23.6 Å². The zero-order chi connectivity index (χ0) is 25.7. The molecule has 0 saturated carbocycles. The summed E-state index contributed by atoms with van der Waals surface area (Å²) in [6.45, 7) is 3.89. The third-order valence-electron chi connectivity index (χ3n) is 5.54. The summed E-state index contributed by atoms with van der Waals surface area (Å²) in [6, 6.07) is 20.6. The highest BCUT2D eigenvalue weighted by Crippen LogP contribution is 2.37. The van der Waals surface area contributed by atoms with Crippen LogP contribution in [0.25, 0.3) is 6.08 Å². The molecule has 1 saturated heterocycles. The summed E-state index contributed by atoms with van der Waals surface area (Å²) in [4.78, 5) is 27.5. The first-order valence-electron chi connectivity index (χ1n) is 11.4. The molecule has 4 rings (SSSR count). The van der Waals surface area contributed by atoms with Gasteiger partial charge in [-0.25, -0.2) is 0 Å². The van der Waals surface area contributed by atoms with Crippen molar-refractivity contribution in [3.63, 3.8) is 0 Å². The number of aryl methyl sites for hydroxylation is 2. The number of benzene rings is 3. The molecule has 1 fully saturated rings. The average molecular weight is 519 g/mol. The summed E-state index contributed by atoms with van der Waals surface area (Å²) in [5.41, 5.74) is 4.47. The van der Waals surface area contributed by atoms with Gasteiger partial charge in [0.15, 0.2) is 22.4 Å². The molecule has 2 amide bonds. The van der Waals surface area contributed by atoms with Gasteiger partial charge in [-0.2, -0.15) is 0 Å². The fraction of sp³-hybridized carbons (Fsp3) is 0.179. The molecule has 36 heavy (non-hydrogen) atoms. The topological polar surface area (TPSA) is 67.9 Å². The van der Waals surface area contributed by atoms with Gasteiger partial charge in [0.2, 0.25) is 0 Å². The highest BCUT2D eigenvalue weighted by Gasteiger charge is 2.33. The fourth-order valence-electron chi connectivity index (χ4n) is 3.67. The molecule has 1 N–H and O–H groups in total. The van der Waals surface area contributed by atoms with Crippen LogP contribution in [0.3, 0.4) is 0 Å². The average Bonchev–Trinajstić information content (AvgIpc) is 3.15. The maximum Gasteiger partial charge on any atom is 0.270 e. The van der Waals surface area contributed by atoms with E-state index >= 15 is 0 Å². The van der Waals surface area contributed by atoms with Gasteiger partial charge in [0.05, 0.1) is 17.7 Å². The molecular formula is C28H26N2O4S2. The van der Waals surface area contributed by atoms with E-state index in [4.69, 9.17) is 21.7 Å². The maximum atomic E-state index is 13.1. The monoisotopic (exact) mass is 518 g/mol. The SMILES string of the molecule is CCc1ccc(NC(=O)COc2ccc(/C=C3\SC(=S)N(c4cccc(C)c4)C3=O)cc2OC)cc1. The van der Waals surface area contributed by atoms with E-state index in [0.29, 0.717) is 26.4 Å². The van der Waals surface area contributed by atoms with Crippen LogP contribution in [0.5, 0.6) is 11.5 Å². The van der Waals surface area contributed by atoms with Crippen molar-refractivity contribution < 1.29 is 19.1 Å². The molecule has 0 spiro atoms. The van der Waals surface area contributed by atoms with E-state index in [1.807, 2.05) is 55.5 Å². The second-order valence-electron chi connectivity index (χ2n) is 8.15. The summed E-state index contributed by atoms with van der Waals surface area (Å²) in [5.74, 6) is 0.445. The van der Waals surface area contributed by atoms with Crippen molar-refractivity contribution in [2.45, 2.75) is 20.3 Å². The molecule has 8 heteroatoms. The molecule has 3 aromatic rings. The first kappa shape index (κ1) is 25.5. The number of nitrogens with one attached hydrogen (secondary N) is 1. The number of nitrogens with zero attached hydrogens (tertiary/aromatic N) is 1. The van der Waals surface area contributed by atoms with Crippen molar-refractivity contribution in [1.29, 1.82) is 0 Å². The molecule has 0 radical (unpaired) electrons. The number of ether oxygens (including phenoxy) is 2. The van der Waals surface area contributed by atoms with Crippen LogP contribution in [0, 0.1) is 6.92 Å². The third-order valence-corrected chi connectivity index (χ3v) is 6.85. The number of carbonyl (C=O) groups is 2. The van der Waals surface area contributed by atoms with E-state index in [2.05, 4.69) is 12.2 Å². The largest absolute Gasteiger partial charge is 0.493 e. The number of anilines is 2. The lowest BCUT2D eigenvalue weighted by atomic mass is 10.1. The lowest BCUT2D eigenvalue weighted by Crippen LogP contribution is -2.27. The van der Waals surface area contributed by atoms with Gasteiger partial charge in [0.1, 0.15) is 0 Å². The molecule has 0 aromatic heterocycles. The Hall–Kier alpha value is -3.62. The number of amides is 2. The van der Waals surface area contributed by atoms with Crippen molar-refractivity contribution in [3.05, 3.63) is 88.3 Å². The molecule has 1 heterocycles. The van der Waals surface area contributed by atoms with Crippen molar-refractivity contribution in [3.8, 4) is 11.5 Å². The van der Waals surface area contributed by atoms with Gasteiger partial charge in [0, 0.05) is 5.69 Å². The van der Waals surface area contributed by atoms with E-state index in [-0.39, 0.29) is 18.4 Å². The molecule has 3 aromatic carbocycles. The van der Waals surface area contributed by atoms with Gasteiger partial charge in [-0.05, 0) is 72.5 Å². The highest BCUT2D eigenvalue weighted by molar-refractivity contribution is 8.27. The summed E-state index contributed by atoms with van der Waals surface area (Å²) in [6.07, 6.45) is 2.71. The van der Waals surface area contributed by atoms with Crippen LogP contribution in [0.15, 0.2) is 71.6 Å². The Morgan fingerprint density at radius 1 is 1.08 bits per heavy atom. The zero-order valence-electron chi connectivity index (χ0n) is 20.2. The molecule has 0 bridgehead atoms. The van der Waals surface area contributed by atoms with Crippen LogP contribution in [0.2, 0.25) is 0 Å². The van der Waals surface area contributed by atoms with Gasteiger partial charge < -0.3 is 14.8 Å². The predicted molar refractivity (Wildman–Crippen MR) is 150 cm³/mol. The fourth-order valence-corrected chi connectivity index (χ4v) is 4.97. The van der Waals surface area contributed by atoms with Crippen LogP contribution in [0.4, 0.5) is 11.4 Å². The number of methoxy groups -OCH3 is 1. The van der Waals surface area contributed by atoms with Gasteiger partial charge in [-0.3, -0.25) is 14.5 Å². The standard InChI is InChI=1S/C28H26N2O4S2/c1-4-19-8-11-21(12-9-19)29-26(31)17-34-23-13-10-20(15-24(23)33-3)16-25-27(32)30(28(35)36-25)22-7-5-6-18(2)14-22/h5-16H,4,17H2,1-3H3,(H,29,31)/b25-16-. The van der Waals surface area contributed by atoms with E-state index in [1.54, 1.807) is 29.2 Å². The summed E-state index contributed by atoms with van der Waals surface area (Å²) >= 11 is 6.72. The number of hydrogen-bond acceptors (Lipinski definition) is 6. The van der Waals surface area contributed by atoms with Crippen molar-refractivity contribution >= 4 is 57.6 Å². The van der Waals surface area contributed by atoms with Crippen LogP contribution < -0.4 is 19.7 Å². The molecule has 0 unspecified atom stereocenters. The molecule has 184 valence electrons. The van der Waals surface area contributed by atoms with E-state index < -0.39 is 0 Å². The lowest BCUT2D eigenvalue weighted by molar-refractivity contribution is -0.118. The summed E-state index contributed by atoms with van der Waals surface area (Å²) < 4.78 is 11.6. The third kappa shape index (κ3) is 5.95. The minimum Gasteiger partial charge on any atom is -0.493 e. The highest BCUT2D eigenvalue weighted by atomic mass is 32.2. The smallest absolute Gasteiger partial charge is 0.270 e. The Labute approximate surface area is 220 Å². The van der Waals surface area contributed by atoms with E-state index in [0.717, 1.165) is 23.2 Å². The number of thiocarbonyl (C=S) groups is 1. The molecule has 6 nitrogen and oxygen atoms in total. The van der Waals surface area contributed by atoms with Gasteiger partial charge in [-0.1, -0.05) is 61.2 Å². The number of thioether (sulfide) groups is 1. The molecule has 1 aliphatic rings. The second-order valence-corrected chi connectivity index (χ2v) is 9.83. The van der Waals surface area contributed by atoms with E-state index in [1.165, 1.54) is 24.4 Å². The first-order valence-corrected chi connectivity index (χ1v) is 12.6. The first-order chi connectivity index (χ1) is 17.4. The Balaban J connectivity index is 1.43. The number of rotatable bonds is 8. The molecular weight excluding hydrogens is 492 g/mol. The molecule has 0 atom stereocenters. The van der Waals surface area contributed by atoms with Crippen LogP contribution in [-0.4, -0.2) is 29.9 Å². The Morgan fingerprint density at radius 3 is 2.56 bits per heavy atom. The maximum absolute atomic E-state index is 13.1. The second kappa shape index (κ2) is 11.4. The van der Waals surface area contributed by atoms with Gasteiger partial charge in [-0.15, -0.1) is 0 Å². The number of hydrogen-bond donors (Lipinski definition) is 1. The van der Waals surface area contributed by atoms with Gasteiger partial charge >= 0.3 is 0 Å².